The molecule has 2 aliphatic rings. The molecule has 8 rings (SSSR count). The van der Waals surface area contributed by atoms with Crippen LogP contribution in [0.25, 0.3) is 21.5 Å². The zero-order valence-corrected chi connectivity index (χ0v) is 36.0. The van der Waals surface area contributed by atoms with Crippen LogP contribution in [0.1, 0.15) is 18.1 Å². The van der Waals surface area contributed by atoms with Crippen LogP contribution in [0, 0.1) is 25.5 Å². The highest BCUT2D eigenvalue weighted by molar-refractivity contribution is 7.89. The van der Waals surface area contributed by atoms with E-state index in [4.69, 9.17) is 4.74 Å². The fraction of sp³-hybridized carbons (Fsp3) is 0.261. The minimum atomic E-state index is -3.89. The van der Waals surface area contributed by atoms with Crippen LogP contribution in [0.4, 0.5) is 20.2 Å². The van der Waals surface area contributed by atoms with Gasteiger partial charge in [-0.3, -0.25) is 0 Å². The minimum absolute atomic E-state index is 0.0544. The maximum absolute atomic E-state index is 13.6. The molecule has 1 N–H and O–H groups in total. The fourth-order valence-electron chi connectivity index (χ4n) is 8.18. The monoisotopic (exact) mass is 884 g/mol. The zero-order valence-electron chi connectivity index (χ0n) is 34.3. The molecule has 0 saturated carbocycles. The lowest BCUT2D eigenvalue weighted by Crippen LogP contribution is -2.58. The summed E-state index contributed by atoms with van der Waals surface area (Å²) < 4.78 is 88.9. The number of anilines is 2. The molecule has 6 aromatic rings. The number of esters is 1. The molecule has 0 aromatic heterocycles. The Morgan fingerprint density at radius 3 is 1.47 bits per heavy atom. The summed E-state index contributed by atoms with van der Waals surface area (Å²) in [6.07, 6.45) is 0. The van der Waals surface area contributed by atoms with Crippen LogP contribution < -0.4 is 9.80 Å². The van der Waals surface area contributed by atoms with Gasteiger partial charge in [-0.15, -0.1) is 0 Å². The largest absolute Gasteiger partial charge is 0.480 e. The van der Waals surface area contributed by atoms with Crippen molar-refractivity contribution in [2.24, 2.45) is 0 Å². The van der Waals surface area contributed by atoms with Gasteiger partial charge in [-0.05, 0) is 91.2 Å². The number of carboxylic acids is 1. The number of carbonyl (C=O) groups is 2. The second kappa shape index (κ2) is 18.2. The highest BCUT2D eigenvalue weighted by atomic mass is 32.2. The van der Waals surface area contributed by atoms with Gasteiger partial charge in [0.25, 0.3) is 0 Å². The SMILES string of the molecule is CCOC(=O)C1CN(S(=O)(=O)c2cccc3ccccc23)CCN1c1ccc(F)cc1C.Cc1cc(F)ccc1N1CCN(S(=O)(=O)c2cccc3ccccc23)CC1C(=O)O. The van der Waals surface area contributed by atoms with Crippen LogP contribution in [0.2, 0.25) is 0 Å². The predicted molar refractivity (Wildman–Crippen MR) is 234 cm³/mol. The van der Waals surface area contributed by atoms with E-state index in [9.17, 15) is 40.3 Å². The number of fused-ring (bicyclic) bond motifs is 2. The van der Waals surface area contributed by atoms with E-state index in [-0.39, 0.29) is 61.5 Å². The molecule has 324 valence electrons. The van der Waals surface area contributed by atoms with Crippen molar-refractivity contribution >= 4 is 64.9 Å². The summed E-state index contributed by atoms with van der Waals surface area (Å²) in [7, 11) is -7.75. The maximum Gasteiger partial charge on any atom is 0.330 e. The number of piperazine rings is 2. The number of nitrogens with zero attached hydrogens (tertiary/aromatic N) is 4. The molecular formula is C46H46F2N4O8S2. The number of halogens is 2. The molecule has 16 heteroatoms. The molecule has 0 spiro atoms. The van der Waals surface area contributed by atoms with Gasteiger partial charge in [-0.25, -0.2) is 35.2 Å². The van der Waals surface area contributed by atoms with Gasteiger partial charge >= 0.3 is 11.9 Å². The normalized spacial score (nSPS) is 17.7. The summed E-state index contributed by atoms with van der Waals surface area (Å²) in [5.74, 6) is -2.40. The molecule has 2 heterocycles. The van der Waals surface area contributed by atoms with Crippen LogP contribution in [0.15, 0.2) is 131 Å². The topological polar surface area (TPSA) is 145 Å². The minimum Gasteiger partial charge on any atom is -0.480 e. The van der Waals surface area contributed by atoms with E-state index in [0.29, 0.717) is 33.3 Å². The second-order valence-corrected chi connectivity index (χ2v) is 18.9. The van der Waals surface area contributed by atoms with Crippen molar-refractivity contribution in [3.63, 3.8) is 0 Å². The molecule has 2 unspecified atom stereocenters. The van der Waals surface area contributed by atoms with Gasteiger partial charge in [-0.2, -0.15) is 8.61 Å². The molecule has 2 aliphatic heterocycles. The van der Waals surface area contributed by atoms with Crippen molar-refractivity contribution in [2.45, 2.75) is 42.6 Å². The molecule has 0 radical (unpaired) electrons. The number of carbonyl (C=O) groups excluding carboxylic acids is 1. The van der Waals surface area contributed by atoms with Gasteiger partial charge in [-0.1, -0.05) is 72.8 Å². The number of rotatable bonds is 9. The number of ether oxygens (including phenoxy) is 1. The first-order valence-electron chi connectivity index (χ1n) is 20.0. The lowest BCUT2D eigenvalue weighted by Gasteiger charge is -2.41. The molecule has 2 atom stereocenters. The first-order chi connectivity index (χ1) is 29.6. The second-order valence-electron chi connectivity index (χ2n) is 15.1. The molecule has 0 bridgehead atoms. The first-order valence-corrected chi connectivity index (χ1v) is 22.9. The Bertz CT molecular complexity index is 2870. The van der Waals surface area contributed by atoms with E-state index in [1.54, 1.807) is 80.3 Å². The molecular weight excluding hydrogens is 839 g/mol. The molecule has 6 aromatic carbocycles. The summed E-state index contributed by atoms with van der Waals surface area (Å²) in [6, 6.07) is 31.3. The summed E-state index contributed by atoms with van der Waals surface area (Å²) in [5, 5.41) is 12.7. The van der Waals surface area contributed by atoms with Crippen LogP contribution in [-0.4, -0.2) is 100 Å². The Hall–Kier alpha value is -5.94. The molecule has 2 saturated heterocycles. The highest BCUT2D eigenvalue weighted by Gasteiger charge is 2.41. The number of carboxylic acid groups (broad SMARTS) is 1. The van der Waals surface area contributed by atoms with E-state index >= 15 is 0 Å². The molecule has 0 amide bonds. The number of sulfonamides is 2. The third-order valence-corrected chi connectivity index (χ3v) is 15.0. The maximum atomic E-state index is 13.6. The van der Waals surface area contributed by atoms with Gasteiger partial charge in [0.1, 0.15) is 23.7 Å². The first kappa shape index (κ1) is 44.1. The third kappa shape index (κ3) is 8.86. The standard InChI is InChI=1S/C24H25FN2O4S.C22H21FN2O4S/c1-3-31-24(28)22-16-26(13-14-27(22)21-12-11-19(25)15-17(21)2)32(29,30)23-10-6-8-18-7-4-5-9-20(18)23;1-15-13-17(23)9-10-19(15)25-12-11-24(14-20(25)22(26)27)30(28,29)21-8-4-6-16-5-2-3-7-18(16)21/h4-12,15,22H,3,13-14,16H2,1-2H3;2-10,13,20H,11-12,14H2,1H3,(H,26,27). The van der Waals surface area contributed by atoms with E-state index in [0.717, 1.165) is 10.8 Å². The summed E-state index contributed by atoms with van der Waals surface area (Å²) in [5.41, 5.74) is 2.55. The average molecular weight is 885 g/mol. The van der Waals surface area contributed by atoms with Crippen molar-refractivity contribution in [1.82, 2.24) is 8.61 Å². The van der Waals surface area contributed by atoms with Gasteiger partial charge in [0.2, 0.25) is 20.0 Å². The van der Waals surface area contributed by atoms with E-state index in [1.807, 2.05) is 41.3 Å². The Morgan fingerprint density at radius 2 is 1.03 bits per heavy atom. The van der Waals surface area contributed by atoms with Crippen LogP contribution in [0.3, 0.4) is 0 Å². The molecule has 62 heavy (non-hydrogen) atoms. The van der Waals surface area contributed by atoms with E-state index in [2.05, 4.69) is 0 Å². The van der Waals surface area contributed by atoms with Crippen LogP contribution >= 0.6 is 0 Å². The van der Waals surface area contributed by atoms with Crippen LogP contribution in [0.5, 0.6) is 0 Å². The summed E-state index contributed by atoms with van der Waals surface area (Å²) >= 11 is 0. The van der Waals surface area contributed by atoms with Gasteiger partial charge in [0, 0.05) is 61.4 Å². The van der Waals surface area contributed by atoms with Gasteiger partial charge in [0.05, 0.1) is 16.4 Å². The number of aryl methyl sites for hydroxylation is 2. The molecule has 0 aliphatic carbocycles. The Labute approximate surface area is 359 Å². The van der Waals surface area contributed by atoms with E-state index in [1.165, 1.54) is 38.9 Å². The smallest absolute Gasteiger partial charge is 0.330 e. The van der Waals surface area contributed by atoms with Gasteiger partial charge in [0.15, 0.2) is 0 Å². The van der Waals surface area contributed by atoms with Crippen LogP contribution in [-0.2, 0) is 34.4 Å². The summed E-state index contributed by atoms with van der Waals surface area (Å²) in [6.45, 7) is 5.90. The summed E-state index contributed by atoms with van der Waals surface area (Å²) in [4.78, 5) is 28.6. The van der Waals surface area contributed by atoms with Crippen molar-refractivity contribution < 1.29 is 45.0 Å². The number of hydrogen-bond acceptors (Lipinski definition) is 9. The molecule has 2 fully saturated rings. The predicted octanol–water partition coefficient (Wildman–Crippen LogP) is 6.98. The zero-order chi connectivity index (χ0) is 44.3. The number of hydrogen-bond donors (Lipinski definition) is 1. The highest BCUT2D eigenvalue weighted by Crippen LogP contribution is 2.33. The Morgan fingerprint density at radius 1 is 0.613 bits per heavy atom. The van der Waals surface area contributed by atoms with Crippen molar-refractivity contribution in [1.29, 1.82) is 0 Å². The third-order valence-electron chi connectivity index (χ3n) is 11.2. The van der Waals surface area contributed by atoms with E-state index < -0.39 is 49.9 Å². The van der Waals surface area contributed by atoms with Gasteiger partial charge < -0.3 is 19.6 Å². The molecule has 12 nitrogen and oxygen atoms in total. The quantitative estimate of drug-likeness (QED) is 0.151. The van der Waals surface area contributed by atoms with Crippen molar-refractivity contribution in [3.05, 3.63) is 144 Å². The van der Waals surface area contributed by atoms with Crippen molar-refractivity contribution in [3.8, 4) is 0 Å². The Kier molecular flexibility index (Phi) is 12.9. The van der Waals surface area contributed by atoms with Crippen molar-refractivity contribution in [2.75, 3.05) is 55.7 Å². The fourth-order valence-corrected chi connectivity index (χ4v) is 11.5. The Balaban J connectivity index is 0.000000187. The number of aliphatic carboxylic acids is 1. The lowest BCUT2D eigenvalue weighted by atomic mass is 10.1. The average Bonchev–Trinajstić information content (AvgIpc) is 3.26. The number of benzene rings is 6. The lowest BCUT2D eigenvalue weighted by molar-refractivity contribution is -0.145.